The first kappa shape index (κ1) is 25.1. The smallest absolute Gasteiger partial charge is 0.356 e. The van der Waals surface area contributed by atoms with Crippen LogP contribution < -0.4 is 16.0 Å². The van der Waals surface area contributed by atoms with Gasteiger partial charge in [-0.1, -0.05) is 19.9 Å². The van der Waals surface area contributed by atoms with Crippen molar-refractivity contribution in [3.05, 3.63) is 35.5 Å². The summed E-state index contributed by atoms with van der Waals surface area (Å²) in [6, 6.07) is 4.63. The van der Waals surface area contributed by atoms with Crippen LogP contribution in [-0.2, 0) is 15.8 Å². The number of halogens is 3. The highest BCUT2D eigenvalue weighted by Gasteiger charge is 2.32. The fraction of sp³-hybridized carbons (Fsp3) is 0.478. The fourth-order valence-corrected chi connectivity index (χ4v) is 3.94. The van der Waals surface area contributed by atoms with Crippen molar-refractivity contribution in [2.24, 2.45) is 11.8 Å². The minimum Gasteiger partial charge on any atom is -0.356 e. The maximum absolute atomic E-state index is 13.0. The van der Waals surface area contributed by atoms with E-state index in [0.29, 0.717) is 18.4 Å². The topological polar surface area (TPSA) is 127 Å². The van der Waals surface area contributed by atoms with Crippen molar-refractivity contribution in [3.8, 4) is 6.07 Å². The molecule has 182 valence electrons. The first-order chi connectivity index (χ1) is 16.0. The molecule has 34 heavy (non-hydrogen) atoms. The number of aromatic amines is 1. The first-order valence-corrected chi connectivity index (χ1v) is 11.0. The standard InChI is InChI=1S/C23H26F3N5O3/c1-12(2)7-18(21(33)29-16(11-27)8-14-5-6-28-20(14)32)31-22(34)19-9-13-3-4-15(23(24,25)26)10-17(13)30-19/h3-4,9-10,12,14,16,18,30H,5-8H2,1-2H3,(H,28,32)(H,29,33)(H,31,34)/t14-,16-,18-/m0/s1. The van der Waals surface area contributed by atoms with Crippen molar-refractivity contribution in [3.63, 3.8) is 0 Å². The van der Waals surface area contributed by atoms with Crippen LogP contribution in [0, 0.1) is 23.2 Å². The molecule has 1 aliphatic rings. The van der Waals surface area contributed by atoms with Crippen molar-refractivity contribution in [2.75, 3.05) is 6.54 Å². The summed E-state index contributed by atoms with van der Waals surface area (Å²) < 4.78 is 38.9. The zero-order valence-electron chi connectivity index (χ0n) is 18.8. The number of nitriles is 1. The summed E-state index contributed by atoms with van der Waals surface area (Å²) in [5, 5.41) is 17.7. The fourth-order valence-electron chi connectivity index (χ4n) is 3.94. The monoisotopic (exact) mass is 477 g/mol. The Morgan fingerprint density at radius 3 is 2.56 bits per heavy atom. The lowest BCUT2D eigenvalue weighted by Gasteiger charge is -2.22. The van der Waals surface area contributed by atoms with Crippen LogP contribution in [0.5, 0.6) is 0 Å². The van der Waals surface area contributed by atoms with E-state index in [-0.39, 0.29) is 41.8 Å². The van der Waals surface area contributed by atoms with E-state index >= 15 is 0 Å². The maximum atomic E-state index is 13.0. The second kappa shape index (κ2) is 10.2. The molecule has 3 amide bonds. The third-order valence-corrected chi connectivity index (χ3v) is 5.68. The Bertz CT molecular complexity index is 1120. The van der Waals surface area contributed by atoms with Gasteiger partial charge in [0.05, 0.1) is 11.6 Å². The van der Waals surface area contributed by atoms with Gasteiger partial charge in [-0.25, -0.2) is 0 Å². The van der Waals surface area contributed by atoms with Crippen LogP contribution in [0.2, 0.25) is 0 Å². The number of fused-ring (bicyclic) bond motifs is 1. The molecular formula is C23H26F3N5O3. The molecule has 3 atom stereocenters. The molecule has 1 fully saturated rings. The number of benzene rings is 1. The molecule has 1 aromatic heterocycles. The zero-order valence-corrected chi connectivity index (χ0v) is 18.8. The highest BCUT2D eigenvalue weighted by Crippen LogP contribution is 2.31. The van der Waals surface area contributed by atoms with E-state index in [4.69, 9.17) is 0 Å². The van der Waals surface area contributed by atoms with Gasteiger partial charge in [-0.2, -0.15) is 18.4 Å². The molecule has 11 heteroatoms. The lowest BCUT2D eigenvalue weighted by Crippen LogP contribution is -2.50. The zero-order chi connectivity index (χ0) is 25.0. The van der Waals surface area contributed by atoms with E-state index in [0.717, 1.165) is 12.1 Å². The van der Waals surface area contributed by atoms with Crippen LogP contribution in [0.15, 0.2) is 24.3 Å². The Balaban J connectivity index is 1.72. The van der Waals surface area contributed by atoms with Gasteiger partial charge in [0.2, 0.25) is 11.8 Å². The van der Waals surface area contributed by atoms with Crippen LogP contribution in [0.25, 0.3) is 10.9 Å². The lowest BCUT2D eigenvalue weighted by molar-refractivity contribution is -0.137. The number of nitrogens with zero attached hydrogens (tertiary/aromatic N) is 1. The van der Waals surface area contributed by atoms with Crippen molar-refractivity contribution in [2.45, 2.75) is 51.4 Å². The lowest BCUT2D eigenvalue weighted by atomic mass is 9.98. The van der Waals surface area contributed by atoms with Gasteiger partial charge < -0.3 is 20.9 Å². The maximum Gasteiger partial charge on any atom is 0.416 e. The minimum atomic E-state index is -4.52. The number of H-pyrrole nitrogens is 1. The van der Waals surface area contributed by atoms with E-state index < -0.39 is 35.6 Å². The third-order valence-electron chi connectivity index (χ3n) is 5.68. The minimum absolute atomic E-state index is 0.00957. The van der Waals surface area contributed by atoms with Gasteiger partial charge in [-0.3, -0.25) is 14.4 Å². The Labute approximate surface area is 194 Å². The molecule has 0 bridgehead atoms. The SMILES string of the molecule is CC(C)C[C@H](NC(=O)c1cc2ccc(C(F)(F)F)cc2[nH]1)C(=O)N[C@H](C#N)C[C@@H]1CCNC1=O. The van der Waals surface area contributed by atoms with Gasteiger partial charge >= 0.3 is 6.18 Å². The van der Waals surface area contributed by atoms with Gasteiger partial charge in [0.1, 0.15) is 17.8 Å². The molecule has 0 spiro atoms. The van der Waals surface area contributed by atoms with Crippen LogP contribution in [0.1, 0.15) is 49.2 Å². The molecule has 1 aromatic carbocycles. The van der Waals surface area contributed by atoms with E-state index in [9.17, 15) is 32.8 Å². The largest absolute Gasteiger partial charge is 0.416 e. The van der Waals surface area contributed by atoms with E-state index in [1.54, 1.807) is 0 Å². The van der Waals surface area contributed by atoms with Gasteiger partial charge in [0, 0.05) is 23.4 Å². The second-order valence-corrected chi connectivity index (χ2v) is 8.84. The predicted octanol–water partition coefficient (Wildman–Crippen LogP) is 2.87. The number of nitrogens with one attached hydrogen (secondary N) is 4. The van der Waals surface area contributed by atoms with Crippen LogP contribution in [0.3, 0.4) is 0 Å². The van der Waals surface area contributed by atoms with E-state index in [1.807, 2.05) is 19.9 Å². The Morgan fingerprint density at radius 2 is 1.97 bits per heavy atom. The summed E-state index contributed by atoms with van der Waals surface area (Å²) in [4.78, 5) is 40.1. The Kier molecular flexibility index (Phi) is 7.49. The number of aromatic nitrogens is 1. The van der Waals surface area contributed by atoms with Crippen LogP contribution in [0.4, 0.5) is 13.2 Å². The molecule has 0 saturated carbocycles. The molecule has 0 radical (unpaired) electrons. The van der Waals surface area contributed by atoms with Gasteiger partial charge in [-0.15, -0.1) is 0 Å². The molecule has 3 rings (SSSR count). The predicted molar refractivity (Wildman–Crippen MR) is 117 cm³/mol. The number of rotatable bonds is 8. The number of hydrogen-bond donors (Lipinski definition) is 4. The quantitative estimate of drug-likeness (QED) is 0.466. The van der Waals surface area contributed by atoms with Gasteiger partial charge in [0.15, 0.2) is 0 Å². The molecule has 0 aliphatic carbocycles. The van der Waals surface area contributed by atoms with Gasteiger partial charge in [0.25, 0.3) is 5.91 Å². The number of amides is 3. The normalized spacial score (nSPS) is 17.8. The van der Waals surface area contributed by atoms with Gasteiger partial charge in [-0.05, 0) is 43.4 Å². The number of carbonyl (C=O) groups excluding carboxylic acids is 3. The summed E-state index contributed by atoms with van der Waals surface area (Å²) in [5.41, 5.74) is -0.691. The first-order valence-electron chi connectivity index (χ1n) is 11.0. The van der Waals surface area contributed by atoms with Crippen molar-refractivity contribution in [1.82, 2.24) is 20.9 Å². The number of hydrogen-bond acceptors (Lipinski definition) is 4. The number of carbonyl (C=O) groups is 3. The molecule has 8 nitrogen and oxygen atoms in total. The number of alkyl halides is 3. The molecule has 1 saturated heterocycles. The summed E-state index contributed by atoms with van der Waals surface area (Å²) >= 11 is 0. The second-order valence-electron chi connectivity index (χ2n) is 8.84. The molecule has 0 unspecified atom stereocenters. The van der Waals surface area contributed by atoms with Crippen LogP contribution >= 0.6 is 0 Å². The Morgan fingerprint density at radius 1 is 1.24 bits per heavy atom. The summed E-state index contributed by atoms with van der Waals surface area (Å²) in [5.74, 6) is -1.73. The van der Waals surface area contributed by atoms with Crippen LogP contribution in [-0.4, -0.2) is 41.3 Å². The van der Waals surface area contributed by atoms with E-state index in [1.165, 1.54) is 12.1 Å². The van der Waals surface area contributed by atoms with Crippen molar-refractivity contribution < 1.29 is 27.6 Å². The average Bonchev–Trinajstić information content (AvgIpc) is 3.37. The molecule has 2 heterocycles. The summed E-state index contributed by atoms with van der Waals surface area (Å²) in [6.07, 6.45) is -3.49. The van der Waals surface area contributed by atoms with E-state index in [2.05, 4.69) is 20.9 Å². The van der Waals surface area contributed by atoms with Crippen molar-refractivity contribution in [1.29, 1.82) is 5.26 Å². The van der Waals surface area contributed by atoms with Crippen molar-refractivity contribution >= 4 is 28.6 Å². The molecule has 2 aromatic rings. The highest BCUT2D eigenvalue weighted by atomic mass is 19.4. The average molecular weight is 477 g/mol. The molecule has 1 aliphatic heterocycles. The summed E-state index contributed by atoms with van der Waals surface area (Å²) in [6.45, 7) is 4.24. The summed E-state index contributed by atoms with van der Waals surface area (Å²) in [7, 11) is 0. The third kappa shape index (κ3) is 6.07. The molecular weight excluding hydrogens is 451 g/mol. The molecule has 4 N–H and O–H groups in total. The highest BCUT2D eigenvalue weighted by molar-refractivity contribution is 6.00. The Hall–Kier alpha value is -3.55.